The quantitative estimate of drug-likeness (QED) is 0.393. The lowest BCUT2D eigenvalue weighted by Gasteiger charge is -2.15. The summed E-state index contributed by atoms with van der Waals surface area (Å²) in [5.41, 5.74) is 4.31. The lowest BCUT2D eigenvalue weighted by Crippen LogP contribution is -2.22. The minimum Gasteiger partial charge on any atom is -0.464 e. The van der Waals surface area contributed by atoms with Crippen LogP contribution in [0.4, 0.5) is 0 Å². The number of furan rings is 1. The smallest absolute Gasteiger partial charge is 0.133 e. The molecular weight excluding hydrogens is 394 g/mol. The minimum atomic E-state index is 0.479. The van der Waals surface area contributed by atoms with E-state index in [9.17, 15) is 0 Å². The van der Waals surface area contributed by atoms with E-state index in [1.54, 1.807) is 6.26 Å². The van der Waals surface area contributed by atoms with Gasteiger partial charge in [0.15, 0.2) is 0 Å². The van der Waals surface area contributed by atoms with Gasteiger partial charge in [-0.25, -0.2) is 4.98 Å². The lowest BCUT2D eigenvalue weighted by atomic mass is 10.1. The molecule has 0 amide bonds. The van der Waals surface area contributed by atoms with Crippen LogP contribution in [0.3, 0.4) is 0 Å². The van der Waals surface area contributed by atoms with E-state index in [2.05, 4.69) is 59.0 Å². The molecule has 0 radical (unpaired) electrons. The molecule has 3 heterocycles. The van der Waals surface area contributed by atoms with E-state index in [1.807, 2.05) is 24.3 Å². The van der Waals surface area contributed by atoms with Gasteiger partial charge in [0.2, 0.25) is 0 Å². The molecule has 1 saturated heterocycles. The molecule has 0 N–H and O–H groups in total. The molecule has 30 heavy (non-hydrogen) atoms. The number of hydrogen-bond donors (Lipinski definition) is 0. The van der Waals surface area contributed by atoms with Crippen LogP contribution in [0.15, 0.2) is 71.4 Å². The van der Waals surface area contributed by atoms with Crippen LogP contribution >= 0.6 is 11.6 Å². The summed E-state index contributed by atoms with van der Waals surface area (Å²) in [4.78, 5) is 7.37. The van der Waals surface area contributed by atoms with E-state index in [-0.39, 0.29) is 0 Å². The van der Waals surface area contributed by atoms with Gasteiger partial charge in [-0.15, -0.1) is 0 Å². The molecule has 0 spiro atoms. The normalized spacial score (nSPS) is 17.5. The first-order chi connectivity index (χ1) is 14.7. The van der Waals surface area contributed by atoms with Crippen molar-refractivity contribution < 1.29 is 4.42 Å². The zero-order chi connectivity index (χ0) is 20.5. The van der Waals surface area contributed by atoms with E-state index in [0.717, 1.165) is 46.3 Å². The highest BCUT2D eigenvalue weighted by atomic mass is 35.5. The number of benzene rings is 2. The van der Waals surface area contributed by atoms with Crippen LogP contribution in [-0.2, 0) is 6.54 Å². The van der Waals surface area contributed by atoms with Crippen molar-refractivity contribution in [3.63, 3.8) is 0 Å². The largest absolute Gasteiger partial charge is 0.464 e. The van der Waals surface area contributed by atoms with Crippen molar-refractivity contribution in [3.05, 3.63) is 83.3 Å². The molecule has 4 aromatic rings. The molecule has 4 nitrogen and oxygen atoms in total. The summed E-state index contributed by atoms with van der Waals surface area (Å²) in [7, 11) is 2.19. The summed E-state index contributed by atoms with van der Waals surface area (Å²) in [5.74, 6) is 1.82. The second kappa shape index (κ2) is 8.13. The van der Waals surface area contributed by atoms with Gasteiger partial charge in [0.05, 0.1) is 17.3 Å². The first-order valence-electron chi connectivity index (χ1n) is 10.3. The van der Waals surface area contributed by atoms with Gasteiger partial charge < -0.3 is 8.98 Å². The maximum Gasteiger partial charge on any atom is 0.133 e. The van der Waals surface area contributed by atoms with E-state index in [1.165, 1.54) is 18.4 Å². The Balaban J connectivity index is 1.56. The van der Waals surface area contributed by atoms with Crippen molar-refractivity contribution in [1.82, 2.24) is 14.5 Å². The fourth-order valence-electron chi connectivity index (χ4n) is 4.19. The van der Waals surface area contributed by atoms with Gasteiger partial charge in [-0.3, -0.25) is 4.90 Å². The zero-order valence-electron chi connectivity index (χ0n) is 17.0. The number of hydrogen-bond acceptors (Lipinski definition) is 3. The predicted molar refractivity (Wildman–Crippen MR) is 123 cm³/mol. The highest BCUT2D eigenvalue weighted by Gasteiger charge is 2.18. The fraction of sp³-hybridized carbons (Fsp3) is 0.240. The molecular formula is C25H24ClN3O. The number of halogens is 1. The average Bonchev–Trinajstić information content (AvgIpc) is 3.49. The molecule has 1 fully saturated rings. The number of likely N-dealkylation sites (tertiary alicyclic amines) is 1. The third kappa shape index (κ3) is 3.81. The number of imidazole rings is 1. The van der Waals surface area contributed by atoms with E-state index in [4.69, 9.17) is 21.0 Å². The average molecular weight is 418 g/mol. The van der Waals surface area contributed by atoms with Gasteiger partial charge in [-0.05, 0) is 80.5 Å². The minimum absolute atomic E-state index is 0.479. The van der Waals surface area contributed by atoms with Crippen molar-refractivity contribution in [1.29, 1.82) is 0 Å². The summed E-state index contributed by atoms with van der Waals surface area (Å²) >= 11 is 6.08. The lowest BCUT2D eigenvalue weighted by molar-refractivity contribution is 0.358. The maximum atomic E-state index is 6.08. The summed E-state index contributed by atoms with van der Waals surface area (Å²) in [5, 5.41) is 0.752. The van der Waals surface area contributed by atoms with Gasteiger partial charge in [-0.1, -0.05) is 29.8 Å². The van der Waals surface area contributed by atoms with Gasteiger partial charge in [0, 0.05) is 23.2 Å². The molecule has 1 aliphatic heterocycles. The zero-order valence-corrected chi connectivity index (χ0v) is 17.7. The maximum absolute atomic E-state index is 6.08. The Labute approximate surface area is 181 Å². The Morgan fingerprint density at radius 1 is 1.17 bits per heavy atom. The topological polar surface area (TPSA) is 34.2 Å². The molecule has 1 atom stereocenters. The Morgan fingerprint density at radius 3 is 2.77 bits per heavy atom. The molecule has 1 unspecified atom stereocenters. The first kappa shape index (κ1) is 19.2. The van der Waals surface area contributed by atoms with Crippen LogP contribution in [0.5, 0.6) is 0 Å². The van der Waals surface area contributed by atoms with Crippen LogP contribution in [0.2, 0.25) is 5.02 Å². The Bertz CT molecular complexity index is 1180. The van der Waals surface area contributed by atoms with Crippen LogP contribution in [0, 0.1) is 0 Å². The molecule has 5 heteroatoms. The molecule has 0 saturated carbocycles. The summed E-state index contributed by atoms with van der Waals surface area (Å²) in [6.07, 6.45) is 8.62. The van der Waals surface area contributed by atoms with Crippen molar-refractivity contribution in [2.75, 3.05) is 13.6 Å². The highest BCUT2D eigenvalue weighted by molar-refractivity contribution is 6.30. The van der Waals surface area contributed by atoms with Crippen LogP contribution < -0.4 is 0 Å². The highest BCUT2D eigenvalue weighted by Crippen LogP contribution is 2.27. The molecule has 5 rings (SSSR count). The van der Waals surface area contributed by atoms with E-state index < -0.39 is 0 Å². The van der Waals surface area contributed by atoms with Gasteiger partial charge in [-0.2, -0.15) is 0 Å². The van der Waals surface area contributed by atoms with E-state index >= 15 is 0 Å². The van der Waals surface area contributed by atoms with Crippen molar-refractivity contribution in [2.45, 2.75) is 25.4 Å². The standard InChI is InChI=1S/C25H24ClN3O/c1-28-14-2-4-21(28)11-13-25-27-22-16-19(24-5-3-15-30-24)8-12-23(22)29(25)17-18-6-9-20(26)10-7-18/h3,5-13,15-16,21H,2,4,14,17H2,1H3/b13-11+. The number of rotatable bonds is 5. The van der Waals surface area contributed by atoms with Gasteiger partial charge in [0.1, 0.15) is 11.6 Å². The fourth-order valence-corrected chi connectivity index (χ4v) is 4.31. The van der Waals surface area contributed by atoms with Gasteiger partial charge >= 0.3 is 0 Å². The third-order valence-corrected chi connectivity index (χ3v) is 6.13. The van der Waals surface area contributed by atoms with Crippen molar-refractivity contribution in [2.24, 2.45) is 0 Å². The second-order valence-corrected chi connectivity index (χ2v) is 8.35. The van der Waals surface area contributed by atoms with Crippen LogP contribution in [0.1, 0.15) is 24.2 Å². The number of aromatic nitrogens is 2. The molecule has 1 aliphatic rings. The monoisotopic (exact) mass is 417 g/mol. The predicted octanol–water partition coefficient (Wildman–Crippen LogP) is 6.11. The number of nitrogens with zero attached hydrogens (tertiary/aromatic N) is 3. The van der Waals surface area contributed by atoms with E-state index in [0.29, 0.717) is 6.04 Å². The molecule has 2 aromatic carbocycles. The summed E-state index contributed by atoms with van der Waals surface area (Å²) in [6, 6.07) is 18.7. The van der Waals surface area contributed by atoms with Gasteiger partial charge in [0.25, 0.3) is 0 Å². The molecule has 152 valence electrons. The summed E-state index contributed by atoms with van der Waals surface area (Å²) in [6.45, 7) is 1.90. The molecule has 0 aliphatic carbocycles. The first-order valence-corrected chi connectivity index (χ1v) is 10.7. The Hall–Kier alpha value is -2.82. The van der Waals surface area contributed by atoms with Crippen LogP contribution in [-0.4, -0.2) is 34.1 Å². The SMILES string of the molecule is CN1CCCC1/C=C/c1nc2cc(-c3ccco3)ccc2n1Cc1ccc(Cl)cc1. The van der Waals surface area contributed by atoms with Crippen molar-refractivity contribution in [3.8, 4) is 11.3 Å². The number of fused-ring (bicyclic) bond motifs is 1. The third-order valence-electron chi connectivity index (χ3n) is 5.88. The Kier molecular flexibility index (Phi) is 5.19. The molecule has 2 aromatic heterocycles. The molecule has 0 bridgehead atoms. The number of likely N-dealkylation sites (N-methyl/N-ethyl adjacent to an activating group) is 1. The summed E-state index contributed by atoms with van der Waals surface area (Å²) < 4.78 is 7.85. The van der Waals surface area contributed by atoms with Crippen LogP contribution in [0.25, 0.3) is 28.4 Å². The second-order valence-electron chi connectivity index (χ2n) is 7.91. The van der Waals surface area contributed by atoms with Crippen molar-refractivity contribution >= 4 is 28.7 Å². The Morgan fingerprint density at radius 2 is 2.03 bits per heavy atom.